The Morgan fingerprint density at radius 1 is 1.29 bits per heavy atom. The summed E-state index contributed by atoms with van der Waals surface area (Å²) >= 11 is 17.0. The monoisotopic (exact) mass is 543 g/mol. The second-order valence-corrected chi connectivity index (χ2v) is 9.20. The van der Waals surface area contributed by atoms with E-state index in [1.54, 1.807) is 30.5 Å². The molecule has 0 aliphatic carbocycles. The van der Waals surface area contributed by atoms with Crippen molar-refractivity contribution in [2.75, 3.05) is 18.4 Å². The lowest BCUT2D eigenvalue weighted by Crippen LogP contribution is -2.37. The first-order chi connectivity index (χ1) is 14.9. The third kappa shape index (κ3) is 5.20. The highest BCUT2D eigenvalue weighted by Crippen LogP contribution is 2.39. The molecule has 4 rings (SSSR count). The topological polar surface area (TPSA) is 100 Å². The molecule has 0 spiro atoms. The molecule has 8 nitrogen and oxygen atoms in total. The molecule has 31 heavy (non-hydrogen) atoms. The molecule has 12 heteroatoms. The summed E-state index contributed by atoms with van der Waals surface area (Å²) in [6, 6.07) is 6.84. The number of ether oxygens (including phenoxy) is 1. The van der Waals surface area contributed by atoms with Gasteiger partial charge in [-0.1, -0.05) is 29.3 Å². The number of hydrogen-bond acceptors (Lipinski definition) is 7. The number of hydrogen-bond donors (Lipinski definition) is 2. The van der Waals surface area contributed by atoms with E-state index in [4.69, 9.17) is 33.0 Å². The van der Waals surface area contributed by atoms with Gasteiger partial charge in [0.15, 0.2) is 5.75 Å². The van der Waals surface area contributed by atoms with Crippen LogP contribution in [-0.2, 0) is 0 Å². The first kappa shape index (κ1) is 22.1. The summed E-state index contributed by atoms with van der Waals surface area (Å²) in [4.78, 5) is 21.4. The molecular formula is C19H16BrCl2N5O3S. The molecule has 1 aliphatic rings. The van der Waals surface area contributed by atoms with Crippen LogP contribution in [0.3, 0.4) is 0 Å². The highest BCUT2D eigenvalue weighted by molar-refractivity contribution is 9.10. The minimum absolute atomic E-state index is 0.140. The fourth-order valence-corrected chi connectivity index (χ4v) is 4.57. The van der Waals surface area contributed by atoms with Gasteiger partial charge in [-0.15, -0.1) is 0 Å². The maximum atomic E-state index is 11.1. The third-order valence-electron chi connectivity index (χ3n) is 4.76. The van der Waals surface area contributed by atoms with Gasteiger partial charge in [-0.05, 0) is 40.9 Å². The van der Waals surface area contributed by atoms with Gasteiger partial charge in [0.2, 0.25) is 5.13 Å². The lowest BCUT2D eigenvalue weighted by Gasteiger charge is -2.28. The summed E-state index contributed by atoms with van der Waals surface area (Å²) in [5, 5.41) is 13.6. The summed E-state index contributed by atoms with van der Waals surface area (Å²) in [6.07, 6.45) is 2.13. The number of piperidine rings is 1. The quantitative estimate of drug-likeness (QED) is 0.383. The summed E-state index contributed by atoms with van der Waals surface area (Å²) in [6.45, 7) is 0.975. The van der Waals surface area contributed by atoms with Gasteiger partial charge in [-0.2, -0.15) is 4.37 Å². The summed E-state index contributed by atoms with van der Waals surface area (Å²) in [5.74, 6) is 2.22. The lowest BCUT2D eigenvalue weighted by atomic mass is 9.96. The van der Waals surface area contributed by atoms with E-state index >= 15 is 0 Å². The maximum Gasteiger partial charge on any atom is 0.407 e. The fourth-order valence-electron chi connectivity index (χ4n) is 3.15. The largest absolute Gasteiger partial charge is 0.465 e. The number of halogens is 3. The van der Waals surface area contributed by atoms with Crippen LogP contribution in [0, 0.1) is 0 Å². The van der Waals surface area contributed by atoms with E-state index in [1.807, 2.05) is 0 Å². The van der Waals surface area contributed by atoms with Crippen LogP contribution in [-0.4, -0.2) is 43.5 Å². The van der Waals surface area contributed by atoms with Gasteiger partial charge in [-0.25, -0.2) is 14.8 Å². The first-order valence-corrected chi connectivity index (χ1v) is 11.6. The van der Waals surface area contributed by atoms with Crippen molar-refractivity contribution in [3.05, 3.63) is 50.8 Å². The molecule has 1 amide bonds. The smallest absolute Gasteiger partial charge is 0.407 e. The summed E-state index contributed by atoms with van der Waals surface area (Å²) in [5.41, 5.74) is 0. The molecule has 1 saturated heterocycles. The van der Waals surface area contributed by atoms with Crippen LogP contribution in [0.1, 0.15) is 24.6 Å². The molecule has 1 aliphatic heterocycles. The van der Waals surface area contributed by atoms with Crippen LogP contribution in [0.25, 0.3) is 0 Å². The van der Waals surface area contributed by atoms with E-state index in [-0.39, 0.29) is 5.92 Å². The Bertz CT molecular complexity index is 1090. The molecular weight excluding hydrogens is 529 g/mol. The number of pyridine rings is 1. The minimum atomic E-state index is -0.885. The normalized spacial score (nSPS) is 14.5. The predicted molar refractivity (Wildman–Crippen MR) is 123 cm³/mol. The second kappa shape index (κ2) is 9.56. The molecule has 3 aromatic rings. The molecule has 0 saturated carbocycles. The van der Waals surface area contributed by atoms with Crippen molar-refractivity contribution >= 4 is 67.7 Å². The Hall–Kier alpha value is -2.14. The summed E-state index contributed by atoms with van der Waals surface area (Å²) < 4.78 is 11.0. The number of carbonyl (C=O) groups is 1. The molecule has 0 bridgehead atoms. The van der Waals surface area contributed by atoms with Crippen molar-refractivity contribution in [3.63, 3.8) is 0 Å². The zero-order valence-corrected chi connectivity index (χ0v) is 19.8. The van der Waals surface area contributed by atoms with Crippen LogP contribution in [0.2, 0.25) is 10.0 Å². The van der Waals surface area contributed by atoms with E-state index in [9.17, 15) is 4.79 Å². The number of rotatable bonds is 5. The Balaban J connectivity index is 1.46. The molecule has 0 unspecified atom stereocenters. The number of nitrogens with one attached hydrogen (secondary N) is 1. The minimum Gasteiger partial charge on any atom is -0.465 e. The highest BCUT2D eigenvalue weighted by atomic mass is 79.9. The summed E-state index contributed by atoms with van der Waals surface area (Å²) in [7, 11) is 0. The molecule has 0 radical (unpaired) electrons. The molecule has 3 heterocycles. The highest BCUT2D eigenvalue weighted by Gasteiger charge is 2.26. The number of aromatic nitrogens is 3. The van der Waals surface area contributed by atoms with Crippen molar-refractivity contribution in [3.8, 4) is 11.5 Å². The van der Waals surface area contributed by atoms with Crippen LogP contribution in [0.5, 0.6) is 11.5 Å². The Morgan fingerprint density at radius 3 is 2.68 bits per heavy atom. The number of carboxylic acid groups (broad SMARTS) is 1. The van der Waals surface area contributed by atoms with Gasteiger partial charge in [0, 0.05) is 42.8 Å². The predicted octanol–water partition coefficient (Wildman–Crippen LogP) is 6.40. The number of amides is 1. The second-order valence-electron chi connectivity index (χ2n) is 6.78. The lowest BCUT2D eigenvalue weighted by molar-refractivity contribution is 0.131. The van der Waals surface area contributed by atoms with Crippen molar-refractivity contribution in [1.29, 1.82) is 0 Å². The Labute approximate surface area is 200 Å². The van der Waals surface area contributed by atoms with Crippen LogP contribution in [0.4, 0.5) is 15.7 Å². The third-order valence-corrected chi connectivity index (χ3v) is 6.59. The zero-order chi connectivity index (χ0) is 22.0. The molecule has 162 valence electrons. The average molecular weight is 545 g/mol. The van der Waals surface area contributed by atoms with Gasteiger partial charge in [-0.3, -0.25) is 0 Å². The van der Waals surface area contributed by atoms with Crippen molar-refractivity contribution < 1.29 is 14.6 Å². The van der Waals surface area contributed by atoms with Gasteiger partial charge >= 0.3 is 6.09 Å². The van der Waals surface area contributed by atoms with Crippen LogP contribution in [0.15, 0.2) is 34.9 Å². The number of anilines is 2. The standard InChI is InChI=1S/C19H16BrCl2N5O3S/c20-11-9-23-15(8-14(11)30-16-12(21)2-1-3-13(16)22)24-18-25-17(26-31-18)10-4-6-27(7-5-10)19(28)29/h1-3,8-10H,4-7H2,(H,28,29)(H,23,24,25,26). The number of benzene rings is 1. The van der Waals surface area contributed by atoms with Crippen LogP contribution < -0.4 is 10.1 Å². The molecule has 1 aromatic carbocycles. The average Bonchev–Trinajstić information content (AvgIpc) is 3.21. The maximum absolute atomic E-state index is 11.1. The van der Waals surface area contributed by atoms with Crippen molar-refractivity contribution in [2.24, 2.45) is 0 Å². The Kier molecular flexibility index (Phi) is 6.80. The van der Waals surface area contributed by atoms with Gasteiger partial charge in [0.05, 0.1) is 14.5 Å². The van der Waals surface area contributed by atoms with E-state index < -0.39 is 6.09 Å². The van der Waals surface area contributed by atoms with Gasteiger partial charge in [0.1, 0.15) is 17.4 Å². The number of para-hydroxylation sites is 1. The zero-order valence-electron chi connectivity index (χ0n) is 15.9. The first-order valence-electron chi connectivity index (χ1n) is 9.26. The van der Waals surface area contributed by atoms with E-state index in [2.05, 4.69) is 35.6 Å². The molecule has 2 aromatic heterocycles. The van der Waals surface area contributed by atoms with Gasteiger partial charge in [0.25, 0.3) is 0 Å². The van der Waals surface area contributed by atoms with Crippen molar-refractivity contribution in [2.45, 2.75) is 18.8 Å². The van der Waals surface area contributed by atoms with Gasteiger partial charge < -0.3 is 20.1 Å². The SMILES string of the molecule is O=C(O)N1CCC(c2nsc(Nc3cc(Oc4c(Cl)cccc4Cl)c(Br)cn3)n2)CC1. The number of likely N-dealkylation sites (tertiary alicyclic amines) is 1. The van der Waals surface area contributed by atoms with Crippen molar-refractivity contribution in [1.82, 2.24) is 19.2 Å². The fraction of sp³-hybridized carbons (Fsp3) is 0.263. The van der Waals surface area contributed by atoms with E-state index in [1.165, 1.54) is 16.4 Å². The molecule has 2 N–H and O–H groups in total. The van der Waals surface area contributed by atoms with Crippen LogP contribution >= 0.6 is 50.7 Å². The molecule has 1 fully saturated rings. The molecule has 0 atom stereocenters. The Morgan fingerprint density at radius 2 is 2.00 bits per heavy atom. The van der Waals surface area contributed by atoms with E-state index in [0.29, 0.717) is 68.7 Å². The number of nitrogens with zero attached hydrogens (tertiary/aromatic N) is 4. The van der Waals surface area contributed by atoms with E-state index in [0.717, 1.165) is 0 Å².